The Balaban J connectivity index is 4.31. The molecule has 0 saturated heterocycles. The summed E-state index contributed by atoms with van der Waals surface area (Å²) < 4.78 is 15.7. The number of amides is 1. The Morgan fingerprint density at radius 1 is 1.08 bits per heavy atom. The summed E-state index contributed by atoms with van der Waals surface area (Å²) in [6.45, 7) is 12.4. The topological polar surface area (TPSA) is 94.1 Å². The minimum atomic E-state index is -0.780. The van der Waals surface area contributed by atoms with E-state index in [1.165, 1.54) is 0 Å². The van der Waals surface area contributed by atoms with Crippen molar-refractivity contribution in [1.82, 2.24) is 5.32 Å². The Hall–Kier alpha value is -1.34. The Labute approximate surface area is 151 Å². The number of aliphatic hydroxyl groups is 1. The molecule has 0 aliphatic rings. The van der Waals surface area contributed by atoms with E-state index in [-0.39, 0.29) is 24.7 Å². The predicted molar refractivity (Wildman–Crippen MR) is 95.3 cm³/mol. The van der Waals surface area contributed by atoms with Gasteiger partial charge in [-0.1, -0.05) is 0 Å². The summed E-state index contributed by atoms with van der Waals surface area (Å²) in [5.41, 5.74) is -1.17. The zero-order valence-electron chi connectivity index (χ0n) is 16.8. The van der Waals surface area contributed by atoms with Crippen molar-refractivity contribution in [1.29, 1.82) is 0 Å². The Morgan fingerprint density at radius 3 is 2.08 bits per heavy atom. The van der Waals surface area contributed by atoms with Crippen molar-refractivity contribution >= 4 is 12.1 Å². The number of alkyl carbamates (subject to hydrolysis) is 1. The summed E-state index contributed by atoms with van der Waals surface area (Å²) in [7, 11) is 1.55. The summed E-state index contributed by atoms with van der Waals surface area (Å²) in [6, 6.07) is -0.288. The van der Waals surface area contributed by atoms with Gasteiger partial charge in [0.1, 0.15) is 12.2 Å². The molecule has 1 unspecified atom stereocenters. The third-order valence-electron chi connectivity index (χ3n) is 3.41. The minimum absolute atomic E-state index is 0.0551. The van der Waals surface area contributed by atoms with Gasteiger partial charge in [-0.3, -0.25) is 4.79 Å². The summed E-state index contributed by atoms with van der Waals surface area (Å²) in [6.07, 6.45) is -0.697. The van der Waals surface area contributed by atoms with Crippen LogP contribution >= 0.6 is 0 Å². The molecule has 0 aliphatic carbocycles. The first kappa shape index (κ1) is 23.7. The zero-order valence-corrected chi connectivity index (χ0v) is 16.8. The molecule has 0 aromatic carbocycles. The van der Waals surface area contributed by atoms with Crippen LogP contribution in [0.2, 0.25) is 0 Å². The van der Waals surface area contributed by atoms with E-state index in [2.05, 4.69) is 5.32 Å². The fraction of sp³-hybridized carbons (Fsp3) is 0.889. The normalized spacial score (nSPS) is 15.9. The number of carbonyl (C=O) groups is 2. The van der Waals surface area contributed by atoms with Gasteiger partial charge in [-0.15, -0.1) is 0 Å². The molecule has 7 nitrogen and oxygen atoms in total. The van der Waals surface area contributed by atoms with Crippen LogP contribution in [-0.2, 0) is 19.0 Å². The van der Waals surface area contributed by atoms with Gasteiger partial charge in [0, 0.05) is 7.11 Å². The van der Waals surface area contributed by atoms with Gasteiger partial charge in [0.15, 0.2) is 0 Å². The van der Waals surface area contributed by atoms with Crippen LogP contribution in [0.15, 0.2) is 0 Å². The molecule has 0 rings (SSSR count). The minimum Gasteiger partial charge on any atom is -0.463 e. The van der Waals surface area contributed by atoms with Gasteiger partial charge >= 0.3 is 12.1 Å². The first-order valence-electron chi connectivity index (χ1n) is 8.64. The van der Waals surface area contributed by atoms with E-state index in [9.17, 15) is 14.7 Å². The van der Waals surface area contributed by atoms with Gasteiger partial charge < -0.3 is 24.6 Å². The molecular weight excluding hydrogens is 326 g/mol. The van der Waals surface area contributed by atoms with Crippen LogP contribution in [0.3, 0.4) is 0 Å². The maximum atomic E-state index is 11.8. The van der Waals surface area contributed by atoms with Crippen molar-refractivity contribution in [2.75, 3.05) is 13.7 Å². The maximum absolute atomic E-state index is 11.8. The van der Waals surface area contributed by atoms with Crippen molar-refractivity contribution in [3.8, 4) is 0 Å². The summed E-state index contributed by atoms with van der Waals surface area (Å²) in [5.74, 6) is -0.352. The van der Waals surface area contributed by atoms with Gasteiger partial charge in [0.2, 0.25) is 0 Å². The van der Waals surface area contributed by atoms with E-state index in [1.807, 2.05) is 6.92 Å². The largest absolute Gasteiger partial charge is 0.463 e. The number of rotatable bonds is 8. The van der Waals surface area contributed by atoms with Crippen LogP contribution in [0.4, 0.5) is 4.79 Å². The second-order valence-electron chi connectivity index (χ2n) is 8.29. The average Bonchev–Trinajstić information content (AvgIpc) is 2.41. The van der Waals surface area contributed by atoms with E-state index in [1.54, 1.807) is 48.7 Å². The van der Waals surface area contributed by atoms with Crippen LogP contribution in [0, 0.1) is 5.41 Å². The van der Waals surface area contributed by atoms with Crippen LogP contribution in [-0.4, -0.2) is 54.7 Å². The highest BCUT2D eigenvalue weighted by Gasteiger charge is 2.25. The number of methoxy groups -OCH3 is 1. The van der Waals surface area contributed by atoms with E-state index < -0.39 is 23.2 Å². The summed E-state index contributed by atoms with van der Waals surface area (Å²) in [4.78, 5) is 23.5. The number of hydrogen-bond donors (Lipinski definition) is 2. The van der Waals surface area contributed by atoms with Crippen LogP contribution in [0.25, 0.3) is 0 Å². The third kappa shape index (κ3) is 11.0. The lowest BCUT2D eigenvalue weighted by Gasteiger charge is -2.27. The number of carbonyl (C=O) groups excluding carboxylic acids is 2. The second kappa shape index (κ2) is 9.97. The van der Waals surface area contributed by atoms with Gasteiger partial charge in [0.25, 0.3) is 0 Å². The lowest BCUT2D eigenvalue weighted by molar-refractivity contribution is -0.156. The third-order valence-corrected chi connectivity index (χ3v) is 3.41. The number of aliphatic hydroxyl groups excluding tert-OH is 1. The smallest absolute Gasteiger partial charge is 0.407 e. The second-order valence-corrected chi connectivity index (χ2v) is 8.29. The van der Waals surface area contributed by atoms with Crippen molar-refractivity contribution in [3.63, 3.8) is 0 Å². The summed E-state index contributed by atoms with van der Waals surface area (Å²) >= 11 is 0. The van der Waals surface area contributed by atoms with E-state index in [0.717, 1.165) is 0 Å². The average molecular weight is 361 g/mol. The Kier molecular flexibility index (Phi) is 9.43. The maximum Gasteiger partial charge on any atom is 0.407 e. The van der Waals surface area contributed by atoms with E-state index in [0.29, 0.717) is 12.8 Å². The number of esters is 1. The van der Waals surface area contributed by atoms with Gasteiger partial charge in [-0.05, 0) is 61.3 Å². The first-order chi connectivity index (χ1) is 11.3. The number of nitrogens with one attached hydrogen (secondary N) is 1. The first-order valence-corrected chi connectivity index (χ1v) is 8.64. The predicted octanol–water partition coefficient (Wildman–Crippen LogP) is 2.65. The van der Waals surface area contributed by atoms with Crippen molar-refractivity contribution in [2.24, 2.45) is 5.41 Å². The molecule has 3 atom stereocenters. The molecule has 0 aliphatic heterocycles. The highest BCUT2D eigenvalue weighted by Crippen LogP contribution is 2.16. The molecule has 0 radical (unpaired) electrons. The highest BCUT2D eigenvalue weighted by molar-refractivity contribution is 5.75. The van der Waals surface area contributed by atoms with Gasteiger partial charge in [-0.25, -0.2) is 4.79 Å². The monoisotopic (exact) mass is 361 g/mol. The molecule has 25 heavy (non-hydrogen) atoms. The fourth-order valence-corrected chi connectivity index (χ4v) is 1.99. The Morgan fingerprint density at radius 2 is 1.64 bits per heavy atom. The van der Waals surface area contributed by atoms with Gasteiger partial charge in [0.05, 0.1) is 23.7 Å². The molecule has 148 valence electrons. The molecule has 1 amide bonds. The lowest BCUT2D eigenvalue weighted by atomic mass is 9.97. The van der Waals surface area contributed by atoms with E-state index >= 15 is 0 Å². The molecule has 0 fully saturated rings. The molecule has 0 aromatic heterocycles. The number of hydrogen-bond acceptors (Lipinski definition) is 6. The molecule has 0 spiro atoms. The quantitative estimate of drug-likeness (QED) is 0.646. The fourth-order valence-electron chi connectivity index (χ4n) is 1.99. The summed E-state index contributed by atoms with van der Waals surface area (Å²) in [5, 5.41) is 12.7. The highest BCUT2D eigenvalue weighted by atomic mass is 16.6. The van der Waals surface area contributed by atoms with Crippen molar-refractivity contribution < 1.29 is 28.9 Å². The zero-order chi connectivity index (χ0) is 19.8. The van der Waals surface area contributed by atoms with Crippen LogP contribution in [0.5, 0.6) is 0 Å². The molecule has 0 saturated carbocycles. The van der Waals surface area contributed by atoms with Gasteiger partial charge in [-0.2, -0.15) is 0 Å². The van der Waals surface area contributed by atoms with E-state index in [4.69, 9.17) is 14.2 Å². The van der Waals surface area contributed by atoms with Crippen LogP contribution in [0.1, 0.15) is 61.3 Å². The lowest BCUT2D eigenvalue weighted by Crippen LogP contribution is -2.44. The van der Waals surface area contributed by atoms with Crippen LogP contribution < -0.4 is 5.32 Å². The molecular formula is C18H35NO6. The van der Waals surface area contributed by atoms with Crippen molar-refractivity contribution in [2.45, 2.75) is 85.2 Å². The Bertz CT molecular complexity index is 424. The molecule has 0 aromatic rings. The number of ether oxygens (including phenoxy) is 3. The molecule has 7 heteroatoms. The van der Waals surface area contributed by atoms with Crippen molar-refractivity contribution in [3.05, 3.63) is 0 Å². The molecule has 2 N–H and O–H groups in total. The standard InChI is InChI=1S/C18H35NO6/c1-12(19-16(22)25-18(5,6)7)14(23-8)10-9-13(20)11-24-15(21)17(2,3)4/h12-14,20H,9-11H2,1-8H3,(H,19,22)/t12-,13?,14-/m1/s1. The SMILES string of the molecule is CO[C@H](CCC(O)COC(=O)C(C)(C)C)[C@@H](C)NC(=O)OC(C)(C)C. The molecule has 0 heterocycles. The molecule has 0 bridgehead atoms.